The van der Waals surface area contributed by atoms with Crippen molar-refractivity contribution < 1.29 is 37.0 Å². The number of rotatable bonds is 7. The number of aromatic hydroxyl groups is 1. The van der Waals surface area contributed by atoms with Gasteiger partial charge in [-0.15, -0.1) is 0 Å². The van der Waals surface area contributed by atoms with Crippen LogP contribution in [0.1, 0.15) is 22.6 Å². The number of primary amides is 1. The molecule has 0 radical (unpaired) electrons. The maximum absolute atomic E-state index is 14.7. The van der Waals surface area contributed by atoms with E-state index in [1.54, 1.807) is 12.0 Å². The Balaban J connectivity index is 1.59. The van der Waals surface area contributed by atoms with Gasteiger partial charge in [-0.1, -0.05) is 23.2 Å². The highest BCUT2D eigenvalue weighted by Crippen LogP contribution is 2.37. The molecule has 3 aromatic heterocycles. The molecule has 45 heavy (non-hydrogen) atoms. The minimum atomic E-state index is -5.05. The van der Waals surface area contributed by atoms with E-state index in [0.717, 1.165) is 29.9 Å². The fourth-order valence-corrected chi connectivity index (χ4v) is 5.43. The maximum Gasteiger partial charge on any atom is 0.449 e. The van der Waals surface area contributed by atoms with Crippen LogP contribution in [-0.4, -0.2) is 62.3 Å². The molecule has 0 aliphatic carbocycles. The van der Waals surface area contributed by atoms with Gasteiger partial charge in [0, 0.05) is 45.1 Å². The zero-order valence-electron chi connectivity index (χ0n) is 23.4. The first-order valence-corrected chi connectivity index (χ1v) is 13.8. The van der Waals surface area contributed by atoms with Gasteiger partial charge in [0.1, 0.15) is 28.8 Å². The Labute approximate surface area is 260 Å². The van der Waals surface area contributed by atoms with Gasteiger partial charge >= 0.3 is 6.18 Å². The van der Waals surface area contributed by atoms with Crippen LogP contribution in [0.4, 0.5) is 29.1 Å². The third kappa shape index (κ3) is 6.00. The lowest BCUT2D eigenvalue weighted by Crippen LogP contribution is -2.28. The first-order valence-electron chi connectivity index (χ1n) is 13.0. The van der Waals surface area contributed by atoms with Crippen molar-refractivity contribution in [2.45, 2.75) is 25.2 Å². The molecule has 0 spiro atoms. The Hall–Kier alpha value is -4.41. The number of nitrogens with two attached hydrogens (primary N) is 1. The molecular weight excluding hydrogens is 649 g/mol. The summed E-state index contributed by atoms with van der Waals surface area (Å²) in [5.41, 5.74) is 3.03. The fraction of sp³-hybridized carbons (Fsp3) is 0.296. The summed E-state index contributed by atoms with van der Waals surface area (Å²) >= 11 is 12.1. The van der Waals surface area contributed by atoms with Crippen LogP contribution in [0.5, 0.6) is 5.75 Å². The largest absolute Gasteiger partial charge is 0.506 e. The zero-order valence-corrected chi connectivity index (χ0v) is 24.9. The highest BCUT2D eigenvalue weighted by Gasteiger charge is 2.37. The molecule has 1 aliphatic heterocycles. The summed E-state index contributed by atoms with van der Waals surface area (Å²) in [5.74, 6) is -5.02. The molecule has 2 amide bonds. The van der Waals surface area contributed by atoms with Crippen LogP contribution in [0.3, 0.4) is 0 Å². The van der Waals surface area contributed by atoms with E-state index in [4.69, 9.17) is 33.7 Å². The lowest BCUT2D eigenvalue weighted by molar-refractivity contribution is -0.147. The molecule has 5 rings (SSSR count). The second-order valence-electron chi connectivity index (χ2n) is 10.2. The lowest BCUT2D eigenvalue weighted by Gasteiger charge is -2.19. The molecular formula is C27H23Cl2F4N7O5. The number of methoxy groups -OCH3 is 1. The number of amides is 2. The number of hydrogen-bond acceptors (Lipinski definition) is 8. The third-order valence-electron chi connectivity index (χ3n) is 7.29. The summed E-state index contributed by atoms with van der Waals surface area (Å²) in [6.45, 7) is 0.198. The number of carbonyl (C=O) groups excluding carboxylic acids is 2. The number of halogens is 6. The average molecular weight is 672 g/mol. The summed E-state index contributed by atoms with van der Waals surface area (Å²) < 4.78 is 62.7. The van der Waals surface area contributed by atoms with Crippen LogP contribution in [0.25, 0.3) is 22.2 Å². The molecule has 1 saturated heterocycles. The number of ether oxygens (including phenoxy) is 1. The Bertz CT molecular complexity index is 1930. The molecule has 1 aliphatic rings. The SMILES string of the molecule is CO[C@H]1CCN(c2cc(NC(=O)Cn3cc(-c4cc(Cl)c(O)c(C(N)=O)c4)c4c(=O)n(C)c(C(F)(F)F)nc43)c(Cl)c(F)n2)C1. The van der Waals surface area contributed by atoms with Crippen molar-refractivity contribution in [2.75, 3.05) is 30.4 Å². The Morgan fingerprint density at radius 2 is 1.93 bits per heavy atom. The van der Waals surface area contributed by atoms with E-state index in [0.29, 0.717) is 24.1 Å². The third-order valence-corrected chi connectivity index (χ3v) is 7.93. The second-order valence-corrected chi connectivity index (χ2v) is 10.9. The number of nitrogens with zero attached hydrogens (tertiary/aromatic N) is 5. The first kappa shape index (κ1) is 32.0. The number of carbonyl (C=O) groups is 2. The van der Waals surface area contributed by atoms with E-state index in [1.807, 2.05) is 0 Å². The summed E-state index contributed by atoms with van der Waals surface area (Å²) in [7, 11) is 2.41. The summed E-state index contributed by atoms with van der Waals surface area (Å²) in [6, 6.07) is 3.60. The molecule has 4 N–H and O–H groups in total. The van der Waals surface area contributed by atoms with Gasteiger partial charge in [-0.3, -0.25) is 19.0 Å². The van der Waals surface area contributed by atoms with Crippen LogP contribution >= 0.6 is 23.2 Å². The number of anilines is 2. The van der Waals surface area contributed by atoms with Gasteiger partial charge in [0.2, 0.25) is 17.7 Å². The quantitative estimate of drug-likeness (QED) is 0.197. The Kier molecular flexibility index (Phi) is 8.41. The zero-order chi connectivity index (χ0) is 33.0. The van der Waals surface area contributed by atoms with E-state index in [1.165, 1.54) is 6.07 Å². The van der Waals surface area contributed by atoms with Gasteiger partial charge in [-0.05, 0) is 24.1 Å². The number of phenols is 1. The highest BCUT2D eigenvalue weighted by atomic mass is 35.5. The second kappa shape index (κ2) is 11.8. The van der Waals surface area contributed by atoms with E-state index in [2.05, 4.69) is 15.3 Å². The molecule has 4 heterocycles. The smallest absolute Gasteiger partial charge is 0.449 e. The van der Waals surface area contributed by atoms with Crippen molar-refractivity contribution in [3.63, 3.8) is 0 Å². The van der Waals surface area contributed by atoms with Gasteiger partial charge in [0.25, 0.3) is 11.5 Å². The van der Waals surface area contributed by atoms with Crippen molar-refractivity contribution in [1.29, 1.82) is 0 Å². The van der Waals surface area contributed by atoms with Crippen LogP contribution in [-0.2, 0) is 29.3 Å². The van der Waals surface area contributed by atoms with Crippen LogP contribution < -0.4 is 21.5 Å². The van der Waals surface area contributed by atoms with Gasteiger partial charge in [0.15, 0.2) is 0 Å². The molecule has 1 atom stereocenters. The molecule has 0 saturated carbocycles. The van der Waals surface area contributed by atoms with E-state index in [9.17, 15) is 37.1 Å². The average Bonchev–Trinajstić information content (AvgIpc) is 3.59. The molecule has 0 unspecified atom stereocenters. The predicted molar refractivity (Wildman–Crippen MR) is 156 cm³/mol. The van der Waals surface area contributed by atoms with Crippen molar-refractivity contribution >= 4 is 57.6 Å². The molecule has 0 bridgehead atoms. The Morgan fingerprint density at radius 3 is 2.56 bits per heavy atom. The van der Waals surface area contributed by atoms with Gasteiger partial charge < -0.3 is 30.4 Å². The molecule has 18 heteroatoms. The number of aromatic nitrogens is 4. The van der Waals surface area contributed by atoms with E-state index >= 15 is 0 Å². The van der Waals surface area contributed by atoms with E-state index < -0.39 is 63.8 Å². The lowest BCUT2D eigenvalue weighted by atomic mass is 10.0. The van der Waals surface area contributed by atoms with Crippen LogP contribution in [0, 0.1) is 5.95 Å². The van der Waals surface area contributed by atoms with Crippen molar-refractivity contribution in [3.05, 3.63) is 62.1 Å². The van der Waals surface area contributed by atoms with E-state index in [-0.39, 0.29) is 39.1 Å². The number of pyridine rings is 1. The number of benzene rings is 1. The normalized spacial score (nSPS) is 15.2. The predicted octanol–water partition coefficient (Wildman–Crippen LogP) is 3.93. The molecule has 1 fully saturated rings. The summed E-state index contributed by atoms with van der Waals surface area (Å²) in [4.78, 5) is 47.7. The van der Waals surface area contributed by atoms with Crippen LogP contribution in [0.15, 0.2) is 29.2 Å². The molecule has 238 valence electrons. The van der Waals surface area contributed by atoms with Crippen molar-refractivity contribution in [1.82, 2.24) is 19.1 Å². The number of alkyl halides is 3. The van der Waals surface area contributed by atoms with Gasteiger partial charge in [-0.25, -0.2) is 9.97 Å². The monoisotopic (exact) mass is 671 g/mol. The Morgan fingerprint density at radius 1 is 1.22 bits per heavy atom. The highest BCUT2D eigenvalue weighted by molar-refractivity contribution is 6.34. The molecule has 12 nitrogen and oxygen atoms in total. The summed E-state index contributed by atoms with van der Waals surface area (Å²) in [5, 5.41) is 11.4. The first-order chi connectivity index (χ1) is 21.1. The summed E-state index contributed by atoms with van der Waals surface area (Å²) in [6.07, 6.45) is -3.34. The minimum absolute atomic E-state index is 0.0123. The number of fused-ring (bicyclic) bond motifs is 1. The molecule has 1 aromatic carbocycles. The van der Waals surface area contributed by atoms with Crippen molar-refractivity contribution in [3.8, 4) is 16.9 Å². The standard InChI is InChI=1S/C27H23Cl2F4N7O5/c1-38-25(44)19-14(11-5-13(23(34)43)21(42)15(28)6-11)9-40(24(19)37-26(38)27(31,32)33)10-18(41)35-16-7-17(36-22(30)20(16)29)39-4-3-12(8-39)45-2/h5-7,9,12,42H,3-4,8,10H2,1-2H3,(H2,34,43)(H,35,36,41)/t12-/m0/s1. The minimum Gasteiger partial charge on any atom is -0.506 e. The maximum atomic E-state index is 14.7. The topological polar surface area (TPSA) is 158 Å². The van der Waals surface area contributed by atoms with Gasteiger partial charge in [0.05, 0.1) is 27.8 Å². The molecule has 4 aromatic rings. The number of hydrogen-bond donors (Lipinski definition) is 3. The fourth-order valence-electron chi connectivity index (χ4n) is 5.06. The van der Waals surface area contributed by atoms with Crippen LogP contribution in [0.2, 0.25) is 10.0 Å². The number of nitrogens with one attached hydrogen (secondary N) is 1. The van der Waals surface area contributed by atoms with Crippen molar-refractivity contribution in [2.24, 2.45) is 12.8 Å². The van der Waals surface area contributed by atoms with Gasteiger partial charge in [-0.2, -0.15) is 17.6 Å².